The molecule has 2 nitrogen and oxygen atoms in total. The molecule has 0 saturated heterocycles. The molecule has 14 heavy (non-hydrogen) atoms. The van der Waals surface area contributed by atoms with E-state index in [9.17, 15) is 4.79 Å². The first-order valence-corrected chi connectivity index (χ1v) is 4.76. The Morgan fingerprint density at radius 1 is 1.43 bits per heavy atom. The van der Waals surface area contributed by atoms with Gasteiger partial charge < -0.3 is 5.73 Å². The molecule has 0 radical (unpaired) electrons. The number of amides is 1. The molecule has 0 fully saturated rings. The van der Waals surface area contributed by atoms with Crippen LogP contribution in [-0.4, -0.2) is 5.91 Å². The van der Waals surface area contributed by atoms with Crippen LogP contribution in [0.15, 0.2) is 36.4 Å². The smallest absolute Gasteiger partial charge is 0.244 e. The van der Waals surface area contributed by atoms with E-state index in [2.05, 4.69) is 18.7 Å². The zero-order valence-electron chi connectivity index (χ0n) is 7.99. The summed E-state index contributed by atoms with van der Waals surface area (Å²) < 4.78 is 0. The van der Waals surface area contributed by atoms with Gasteiger partial charge in [0.25, 0.3) is 0 Å². The first kappa shape index (κ1) is 9.00. The van der Waals surface area contributed by atoms with Gasteiger partial charge in [-0.05, 0) is 24.0 Å². The molecule has 1 atom stereocenters. The Hall–Kier alpha value is -1.57. The molecule has 1 amide bonds. The summed E-state index contributed by atoms with van der Waals surface area (Å²) in [7, 11) is 0. The van der Waals surface area contributed by atoms with Crippen LogP contribution in [0.1, 0.15) is 23.5 Å². The van der Waals surface area contributed by atoms with Crippen molar-refractivity contribution >= 4 is 5.91 Å². The number of benzene rings is 1. The van der Waals surface area contributed by atoms with Crippen LogP contribution in [0.4, 0.5) is 0 Å². The van der Waals surface area contributed by atoms with Gasteiger partial charge in [0.15, 0.2) is 0 Å². The summed E-state index contributed by atoms with van der Waals surface area (Å²) in [6, 6.07) is 8.17. The molecule has 0 bridgehead atoms. The van der Waals surface area contributed by atoms with Crippen LogP contribution in [-0.2, 0) is 11.2 Å². The summed E-state index contributed by atoms with van der Waals surface area (Å²) in [6.45, 7) is 3.76. The van der Waals surface area contributed by atoms with Crippen LogP contribution in [0.25, 0.3) is 0 Å². The molecule has 72 valence electrons. The summed E-state index contributed by atoms with van der Waals surface area (Å²) in [6.07, 6.45) is 1.98. The van der Waals surface area contributed by atoms with E-state index in [1.165, 1.54) is 11.1 Å². The molecule has 0 heterocycles. The lowest BCUT2D eigenvalue weighted by molar-refractivity contribution is -0.114. The van der Waals surface area contributed by atoms with Gasteiger partial charge >= 0.3 is 0 Å². The van der Waals surface area contributed by atoms with Gasteiger partial charge in [-0.3, -0.25) is 4.79 Å². The lowest BCUT2D eigenvalue weighted by atomic mass is 9.93. The Morgan fingerprint density at radius 2 is 2.14 bits per heavy atom. The summed E-state index contributed by atoms with van der Waals surface area (Å²) in [4.78, 5) is 11.0. The molecule has 0 aromatic heterocycles. The summed E-state index contributed by atoms with van der Waals surface area (Å²) in [5, 5.41) is 0. The van der Waals surface area contributed by atoms with Crippen molar-refractivity contribution in [2.45, 2.75) is 18.8 Å². The second kappa shape index (κ2) is 3.29. The van der Waals surface area contributed by atoms with E-state index >= 15 is 0 Å². The highest BCUT2D eigenvalue weighted by atomic mass is 16.1. The second-order valence-electron chi connectivity index (χ2n) is 3.68. The van der Waals surface area contributed by atoms with Crippen molar-refractivity contribution in [1.29, 1.82) is 0 Å². The van der Waals surface area contributed by atoms with Gasteiger partial charge in [0, 0.05) is 11.5 Å². The molecule has 0 spiro atoms. The first-order chi connectivity index (χ1) is 6.70. The van der Waals surface area contributed by atoms with E-state index in [1.54, 1.807) is 0 Å². The molecule has 2 rings (SSSR count). The normalized spacial score (nSPS) is 19.0. The SMILES string of the molecule is C=C(C(N)=O)C1CCc2ccccc21. The van der Waals surface area contributed by atoms with Crippen molar-refractivity contribution in [3.63, 3.8) is 0 Å². The zero-order valence-corrected chi connectivity index (χ0v) is 7.99. The summed E-state index contributed by atoms with van der Waals surface area (Å²) in [5.41, 5.74) is 8.31. The van der Waals surface area contributed by atoms with E-state index in [4.69, 9.17) is 5.73 Å². The average molecular weight is 187 g/mol. The van der Waals surface area contributed by atoms with Crippen LogP contribution in [0.2, 0.25) is 0 Å². The minimum Gasteiger partial charge on any atom is -0.366 e. The van der Waals surface area contributed by atoms with Crippen molar-refractivity contribution in [2.75, 3.05) is 0 Å². The van der Waals surface area contributed by atoms with Crippen LogP contribution in [0.3, 0.4) is 0 Å². The number of fused-ring (bicyclic) bond motifs is 1. The Bertz CT molecular complexity index is 395. The maximum absolute atomic E-state index is 11.0. The molecule has 0 saturated carbocycles. The van der Waals surface area contributed by atoms with Gasteiger partial charge in [-0.1, -0.05) is 30.8 Å². The largest absolute Gasteiger partial charge is 0.366 e. The van der Waals surface area contributed by atoms with Gasteiger partial charge in [-0.25, -0.2) is 0 Å². The van der Waals surface area contributed by atoms with Gasteiger partial charge in [0.2, 0.25) is 5.91 Å². The summed E-state index contributed by atoms with van der Waals surface area (Å²) >= 11 is 0. The number of hydrogen-bond acceptors (Lipinski definition) is 1. The third kappa shape index (κ3) is 1.33. The van der Waals surface area contributed by atoms with Crippen LogP contribution in [0.5, 0.6) is 0 Å². The van der Waals surface area contributed by atoms with Gasteiger partial charge in [-0.15, -0.1) is 0 Å². The molecule has 1 aliphatic carbocycles. The molecule has 2 heteroatoms. The molecule has 1 aliphatic rings. The van der Waals surface area contributed by atoms with Crippen molar-refractivity contribution in [1.82, 2.24) is 0 Å². The van der Waals surface area contributed by atoms with E-state index in [0.717, 1.165) is 12.8 Å². The fourth-order valence-corrected chi connectivity index (χ4v) is 2.09. The fourth-order valence-electron chi connectivity index (χ4n) is 2.09. The molecule has 1 aromatic carbocycles. The molecular formula is C12H13NO. The van der Waals surface area contributed by atoms with Gasteiger partial charge in [0.1, 0.15) is 0 Å². The fraction of sp³-hybridized carbons (Fsp3) is 0.250. The Balaban J connectivity index is 2.35. The van der Waals surface area contributed by atoms with E-state index in [0.29, 0.717) is 5.57 Å². The van der Waals surface area contributed by atoms with Crippen molar-refractivity contribution < 1.29 is 4.79 Å². The van der Waals surface area contributed by atoms with Crippen molar-refractivity contribution in [3.8, 4) is 0 Å². The monoisotopic (exact) mass is 187 g/mol. The second-order valence-corrected chi connectivity index (χ2v) is 3.68. The van der Waals surface area contributed by atoms with E-state index < -0.39 is 0 Å². The minimum atomic E-state index is -0.383. The lowest BCUT2D eigenvalue weighted by Crippen LogP contribution is -2.17. The van der Waals surface area contributed by atoms with Crippen LogP contribution in [0, 0.1) is 0 Å². The lowest BCUT2D eigenvalue weighted by Gasteiger charge is -2.11. The van der Waals surface area contributed by atoms with Crippen LogP contribution >= 0.6 is 0 Å². The Kier molecular flexibility index (Phi) is 2.12. The van der Waals surface area contributed by atoms with E-state index in [1.807, 2.05) is 12.1 Å². The van der Waals surface area contributed by atoms with Crippen molar-refractivity contribution in [3.05, 3.63) is 47.5 Å². The number of hydrogen-bond donors (Lipinski definition) is 1. The highest BCUT2D eigenvalue weighted by Crippen LogP contribution is 2.36. The van der Waals surface area contributed by atoms with Crippen LogP contribution < -0.4 is 5.73 Å². The first-order valence-electron chi connectivity index (χ1n) is 4.76. The number of nitrogens with two attached hydrogens (primary N) is 1. The third-order valence-corrected chi connectivity index (χ3v) is 2.87. The minimum absolute atomic E-state index is 0.142. The number of carbonyl (C=O) groups excluding carboxylic acids is 1. The molecule has 1 unspecified atom stereocenters. The highest BCUT2D eigenvalue weighted by molar-refractivity contribution is 5.93. The van der Waals surface area contributed by atoms with Gasteiger partial charge in [-0.2, -0.15) is 0 Å². The molecule has 0 aliphatic heterocycles. The van der Waals surface area contributed by atoms with Crippen molar-refractivity contribution in [2.24, 2.45) is 5.73 Å². The summed E-state index contributed by atoms with van der Waals surface area (Å²) in [5.74, 6) is -0.240. The maximum Gasteiger partial charge on any atom is 0.244 e. The standard InChI is InChI=1S/C12H13NO/c1-8(12(13)14)10-7-6-9-4-2-3-5-11(9)10/h2-5,10H,1,6-7H2,(H2,13,14). The Morgan fingerprint density at radius 3 is 2.86 bits per heavy atom. The number of carbonyl (C=O) groups is 1. The number of primary amides is 1. The topological polar surface area (TPSA) is 43.1 Å². The zero-order chi connectivity index (χ0) is 10.1. The number of rotatable bonds is 2. The number of aryl methyl sites for hydroxylation is 1. The quantitative estimate of drug-likeness (QED) is 0.704. The van der Waals surface area contributed by atoms with E-state index in [-0.39, 0.29) is 11.8 Å². The Labute approximate surface area is 83.4 Å². The maximum atomic E-state index is 11.0. The predicted molar refractivity (Wildman–Crippen MR) is 55.8 cm³/mol. The molecular weight excluding hydrogens is 174 g/mol. The predicted octanol–water partition coefficient (Wildman–Crippen LogP) is 1.76. The highest BCUT2D eigenvalue weighted by Gasteiger charge is 2.26. The third-order valence-electron chi connectivity index (χ3n) is 2.87. The molecule has 1 aromatic rings. The molecule has 2 N–H and O–H groups in total. The average Bonchev–Trinajstić information content (AvgIpc) is 2.60. The van der Waals surface area contributed by atoms with Gasteiger partial charge in [0.05, 0.1) is 0 Å².